The first-order valence-electron chi connectivity index (χ1n) is 9.13. The zero-order valence-corrected chi connectivity index (χ0v) is 14.4. The van der Waals surface area contributed by atoms with E-state index < -0.39 is 0 Å². The minimum absolute atomic E-state index is 0.279. The molecule has 0 radical (unpaired) electrons. The number of aryl methyl sites for hydroxylation is 1. The van der Waals surface area contributed by atoms with Crippen molar-refractivity contribution in [1.29, 1.82) is 0 Å². The molecule has 0 unspecified atom stereocenters. The monoisotopic (exact) mass is 330 g/mol. The zero-order valence-electron chi connectivity index (χ0n) is 14.4. The normalized spacial score (nSPS) is 28.0. The van der Waals surface area contributed by atoms with Gasteiger partial charge in [-0.05, 0) is 44.1 Å². The molecule has 6 nitrogen and oxygen atoms in total. The Morgan fingerprint density at radius 2 is 1.96 bits per heavy atom. The van der Waals surface area contributed by atoms with Crippen LogP contribution in [0.4, 0.5) is 5.82 Å². The van der Waals surface area contributed by atoms with Crippen LogP contribution in [0.2, 0.25) is 0 Å². The van der Waals surface area contributed by atoms with Gasteiger partial charge in [0.1, 0.15) is 11.6 Å². The lowest BCUT2D eigenvalue weighted by molar-refractivity contribution is -0.133. The van der Waals surface area contributed by atoms with Crippen molar-refractivity contribution in [3.05, 3.63) is 18.1 Å². The molecule has 1 amide bonds. The molecule has 0 bridgehead atoms. The molecule has 2 aliphatic heterocycles. The van der Waals surface area contributed by atoms with Gasteiger partial charge >= 0.3 is 0 Å². The summed E-state index contributed by atoms with van der Waals surface area (Å²) in [5.74, 6) is 3.75. The predicted octanol–water partition coefficient (Wildman–Crippen LogP) is 1.50. The van der Waals surface area contributed by atoms with E-state index in [1.807, 2.05) is 13.0 Å². The highest BCUT2D eigenvalue weighted by atomic mass is 16.5. The maximum absolute atomic E-state index is 12.8. The Hall–Kier alpha value is -1.69. The van der Waals surface area contributed by atoms with Crippen molar-refractivity contribution >= 4 is 11.7 Å². The van der Waals surface area contributed by atoms with E-state index in [9.17, 15) is 4.79 Å². The first-order chi connectivity index (χ1) is 11.7. The number of aromatic nitrogens is 2. The number of piperazine rings is 1. The lowest BCUT2D eigenvalue weighted by Gasteiger charge is -2.35. The number of amides is 1. The Bertz CT molecular complexity index is 594. The Balaban J connectivity index is 1.29. The summed E-state index contributed by atoms with van der Waals surface area (Å²) >= 11 is 0. The first-order valence-corrected chi connectivity index (χ1v) is 9.13. The largest absolute Gasteiger partial charge is 0.381 e. The summed E-state index contributed by atoms with van der Waals surface area (Å²) in [4.78, 5) is 25.7. The van der Waals surface area contributed by atoms with Crippen LogP contribution < -0.4 is 4.90 Å². The number of carbonyl (C=O) groups excluding carboxylic acids is 1. The van der Waals surface area contributed by atoms with Crippen molar-refractivity contribution in [2.75, 3.05) is 44.3 Å². The minimum atomic E-state index is 0.279. The van der Waals surface area contributed by atoms with Crippen LogP contribution in [-0.4, -0.2) is 60.2 Å². The van der Waals surface area contributed by atoms with Gasteiger partial charge in [0.2, 0.25) is 5.91 Å². The van der Waals surface area contributed by atoms with Crippen LogP contribution in [0.3, 0.4) is 0 Å². The third kappa shape index (κ3) is 3.24. The lowest BCUT2D eigenvalue weighted by Crippen LogP contribution is -2.49. The highest BCUT2D eigenvalue weighted by molar-refractivity contribution is 5.82. The number of hydrogen-bond acceptors (Lipinski definition) is 5. The Morgan fingerprint density at radius 1 is 1.21 bits per heavy atom. The quantitative estimate of drug-likeness (QED) is 0.840. The van der Waals surface area contributed by atoms with E-state index >= 15 is 0 Å². The van der Waals surface area contributed by atoms with Gasteiger partial charge < -0.3 is 14.5 Å². The van der Waals surface area contributed by atoms with Crippen LogP contribution in [0.5, 0.6) is 0 Å². The standard InChI is InChI=1S/C18H26N4O2/c1-13-19-5-2-17(20-13)21-6-8-22(9-7-21)18(23)16-12-15(16)14-3-10-24-11-4-14/h2,5,14-16H,3-4,6-12H2,1H3/t15-,16+/m0/s1. The molecular weight excluding hydrogens is 304 g/mol. The highest BCUT2D eigenvalue weighted by Crippen LogP contribution is 2.48. The fourth-order valence-corrected chi connectivity index (χ4v) is 4.17. The number of nitrogens with zero attached hydrogens (tertiary/aromatic N) is 4. The number of rotatable bonds is 3. The molecule has 3 aliphatic rings. The summed E-state index contributed by atoms with van der Waals surface area (Å²) < 4.78 is 5.44. The van der Waals surface area contributed by atoms with Crippen LogP contribution in [0, 0.1) is 24.7 Å². The second-order valence-electron chi connectivity index (χ2n) is 7.23. The maximum Gasteiger partial charge on any atom is 0.226 e. The van der Waals surface area contributed by atoms with Gasteiger partial charge in [0, 0.05) is 51.5 Å². The molecule has 2 atom stereocenters. The molecule has 0 N–H and O–H groups in total. The van der Waals surface area contributed by atoms with Crippen molar-refractivity contribution in [2.45, 2.75) is 26.2 Å². The van der Waals surface area contributed by atoms with Crippen molar-refractivity contribution < 1.29 is 9.53 Å². The topological polar surface area (TPSA) is 58.6 Å². The average molecular weight is 330 g/mol. The van der Waals surface area contributed by atoms with E-state index in [1.165, 1.54) is 0 Å². The maximum atomic E-state index is 12.8. The summed E-state index contributed by atoms with van der Waals surface area (Å²) in [5, 5.41) is 0. The molecule has 2 saturated heterocycles. The molecule has 4 rings (SSSR count). The van der Waals surface area contributed by atoms with Gasteiger partial charge in [-0.25, -0.2) is 9.97 Å². The van der Waals surface area contributed by atoms with Crippen molar-refractivity contribution in [3.8, 4) is 0 Å². The second kappa shape index (κ2) is 6.67. The smallest absolute Gasteiger partial charge is 0.226 e. The van der Waals surface area contributed by atoms with Crippen LogP contribution in [-0.2, 0) is 9.53 Å². The molecule has 6 heteroatoms. The van der Waals surface area contributed by atoms with Gasteiger partial charge in [-0.3, -0.25) is 4.79 Å². The first kappa shape index (κ1) is 15.8. The van der Waals surface area contributed by atoms with Crippen molar-refractivity contribution in [3.63, 3.8) is 0 Å². The van der Waals surface area contributed by atoms with E-state index in [0.717, 1.165) is 70.3 Å². The van der Waals surface area contributed by atoms with E-state index in [0.29, 0.717) is 17.7 Å². The van der Waals surface area contributed by atoms with Crippen LogP contribution in [0.25, 0.3) is 0 Å². The van der Waals surface area contributed by atoms with E-state index in [-0.39, 0.29) is 5.92 Å². The van der Waals surface area contributed by atoms with Gasteiger partial charge in [0.25, 0.3) is 0 Å². The fraction of sp³-hybridized carbons (Fsp3) is 0.722. The third-order valence-corrected chi connectivity index (χ3v) is 5.71. The molecule has 1 aromatic rings. The molecule has 3 fully saturated rings. The number of carbonyl (C=O) groups is 1. The van der Waals surface area contributed by atoms with Crippen LogP contribution >= 0.6 is 0 Å². The number of ether oxygens (including phenoxy) is 1. The fourth-order valence-electron chi connectivity index (χ4n) is 4.17. The Labute approximate surface area is 143 Å². The Kier molecular flexibility index (Phi) is 4.39. The molecule has 0 spiro atoms. The zero-order chi connectivity index (χ0) is 16.5. The summed E-state index contributed by atoms with van der Waals surface area (Å²) in [6, 6.07) is 1.95. The molecule has 1 aromatic heterocycles. The summed E-state index contributed by atoms with van der Waals surface area (Å²) in [7, 11) is 0. The Morgan fingerprint density at radius 3 is 2.67 bits per heavy atom. The summed E-state index contributed by atoms with van der Waals surface area (Å²) in [6.45, 7) is 6.98. The molecule has 1 saturated carbocycles. The summed E-state index contributed by atoms with van der Waals surface area (Å²) in [5.41, 5.74) is 0. The van der Waals surface area contributed by atoms with Crippen molar-refractivity contribution in [1.82, 2.24) is 14.9 Å². The van der Waals surface area contributed by atoms with E-state index in [4.69, 9.17) is 4.74 Å². The predicted molar refractivity (Wildman–Crippen MR) is 90.7 cm³/mol. The van der Waals surface area contributed by atoms with Gasteiger partial charge in [-0.2, -0.15) is 0 Å². The van der Waals surface area contributed by atoms with Crippen molar-refractivity contribution in [2.24, 2.45) is 17.8 Å². The highest BCUT2D eigenvalue weighted by Gasteiger charge is 2.49. The van der Waals surface area contributed by atoms with Crippen LogP contribution in [0.1, 0.15) is 25.1 Å². The molecular formula is C18H26N4O2. The molecule has 0 aromatic carbocycles. The van der Waals surface area contributed by atoms with Gasteiger partial charge in [-0.15, -0.1) is 0 Å². The molecule has 24 heavy (non-hydrogen) atoms. The summed E-state index contributed by atoms with van der Waals surface area (Å²) in [6.07, 6.45) is 5.16. The number of anilines is 1. The SMILES string of the molecule is Cc1nccc(N2CCN(C(=O)[C@@H]3C[C@H]3C3CCOCC3)CC2)n1. The van der Waals surface area contributed by atoms with E-state index in [2.05, 4.69) is 19.8 Å². The van der Waals surface area contributed by atoms with Gasteiger partial charge in [0.15, 0.2) is 0 Å². The van der Waals surface area contributed by atoms with E-state index in [1.54, 1.807) is 6.20 Å². The second-order valence-corrected chi connectivity index (χ2v) is 7.23. The molecule has 130 valence electrons. The minimum Gasteiger partial charge on any atom is -0.381 e. The van der Waals surface area contributed by atoms with Gasteiger partial charge in [-0.1, -0.05) is 0 Å². The lowest BCUT2D eigenvalue weighted by atomic mass is 9.93. The van der Waals surface area contributed by atoms with Gasteiger partial charge in [0.05, 0.1) is 0 Å². The number of hydrogen-bond donors (Lipinski definition) is 0. The average Bonchev–Trinajstić information content (AvgIpc) is 3.43. The third-order valence-electron chi connectivity index (χ3n) is 5.71. The molecule has 1 aliphatic carbocycles. The molecule has 3 heterocycles. The van der Waals surface area contributed by atoms with Crippen LogP contribution in [0.15, 0.2) is 12.3 Å².